The molecule has 3 heteroatoms. The van der Waals surface area contributed by atoms with Gasteiger partial charge in [0.2, 0.25) is 0 Å². The highest BCUT2D eigenvalue weighted by Gasteiger charge is 2.19. The van der Waals surface area contributed by atoms with Crippen molar-refractivity contribution in [3.8, 4) is 0 Å². The molecule has 0 aromatic rings. The summed E-state index contributed by atoms with van der Waals surface area (Å²) in [5, 5.41) is 3.88. The minimum atomic E-state index is 0.794. The summed E-state index contributed by atoms with van der Waals surface area (Å²) in [5.41, 5.74) is 0. The maximum atomic E-state index is 3.88. The Morgan fingerprint density at radius 2 is 1.73 bits per heavy atom. The van der Waals surface area contributed by atoms with Crippen LogP contribution in [0.2, 0.25) is 0 Å². The SMILES string of the molecule is CN1CCCC(NC2CCSCC2)CC1. The summed E-state index contributed by atoms with van der Waals surface area (Å²) in [4.78, 5) is 2.47. The van der Waals surface area contributed by atoms with E-state index in [4.69, 9.17) is 0 Å². The first kappa shape index (κ1) is 11.7. The first-order valence-electron chi connectivity index (χ1n) is 6.37. The lowest BCUT2D eigenvalue weighted by Crippen LogP contribution is -2.40. The molecule has 0 saturated carbocycles. The Morgan fingerprint density at radius 3 is 2.53 bits per heavy atom. The number of hydrogen-bond donors (Lipinski definition) is 1. The smallest absolute Gasteiger partial charge is 0.00853 e. The molecule has 0 amide bonds. The molecule has 2 aliphatic rings. The quantitative estimate of drug-likeness (QED) is 0.778. The van der Waals surface area contributed by atoms with Crippen LogP contribution in [0.15, 0.2) is 0 Å². The zero-order valence-electron chi connectivity index (χ0n) is 9.87. The molecule has 0 spiro atoms. The molecule has 2 aliphatic heterocycles. The van der Waals surface area contributed by atoms with Crippen molar-refractivity contribution >= 4 is 11.8 Å². The highest BCUT2D eigenvalue weighted by Crippen LogP contribution is 2.19. The summed E-state index contributed by atoms with van der Waals surface area (Å²) in [7, 11) is 2.25. The van der Waals surface area contributed by atoms with Crippen molar-refractivity contribution in [1.82, 2.24) is 10.2 Å². The van der Waals surface area contributed by atoms with Gasteiger partial charge in [0.15, 0.2) is 0 Å². The Kier molecular flexibility index (Phi) is 4.79. The van der Waals surface area contributed by atoms with E-state index in [1.165, 1.54) is 56.7 Å². The van der Waals surface area contributed by atoms with Gasteiger partial charge in [0, 0.05) is 12.1 Å². The second-order valence-corrected chi connectivity index (χ2v) is 6.21. The second kappa shape index (κ2) is 6.12. The topological polar surface area (TPSA) is 15.3 Å². The van der Waals surface area contributed by atoms with E-state index in [0.717, 1.165) is 12.1 Å². The number of hydrogen-bond acceptors (Lipinski definition) is 3. The molecule has 0 aromatic heterocycles. The van der Waals surface area contributed by atoms with Crippen LogP contribution in [-0.4, -0.2) is 48.6 Å². The summed E-state index contributed by atoms with van der Waals surface area (Å²) in [6, 6.07) is 1.61. The number of nitrogens with zero attached hydrogens (tertiary/aromatic N) is 1. The fourth-order valence-electron chi connectivity index (χ4n) is 2.60. The maximum Gasteiger partial charge on any atom is 0.00853 e. The molecule has 1 atom stereocenters. The first-order chi connectivity index (χ1) is 7.34. The number of nitrogens with one attached hydrogen (secondary N) is 1. The van der Waals surface area contributed by atoms with Crippen molar-refractivity contribution in [2.45, 2.75) is 44.2 Å². The molecule has 88 valence electrons. The predicted molar refractivity (Wildman–Crippen MR) is 68.6 cm³/mol. The minimum absolute atomic E-state index is 0.794. The zero-order valence-corrected chi connectivity index (χ0v) is 10.7. The van der Waals surface area contributed by atoms with Gasteiger partial charge in [-0.05, 0) is 63.7 Å². The van der Waals surface area contributed by atoms with E-state index >= 15 is 0 Å². The molecule has 2 heterocycles. The van der Waals surface area contributed by atoms with Crippen LogP contribution in [-0.2, 0) is 0 Å². The fraction of sp³-hybridized carbons (Fsp3) is 1.00. The highest BCUT2D eigenvalue weighted by molar-refractivity contribution is 7.99. The molecule has 2 rings (SSSR count). The number of likely N-dealkylation sites (tertiary alicyclic amines) is 1. The van der Waals surface area contributed by atoms with Crippen LogP contribution in [0.25, 0.3) is 0 Å². The van der Waals surface area contributed by atoms with Gasteiger partial charge in [-0.25, -0.2) is 0 Å². The molecule has 0 aromatic carbocycles. The summed E-state index contributed by atoms with van der Waals surface area (Å²) in [6.45, 7) is 2.57. The first-order valence-corrected chi connectivity index (χ1v) is 7.52. The van der Waals surface area contributed by atoms with Gasteiger partial charge in [-0.1, -0.05) is 0 Å². The Hall–Kier alpha value is 0.270. The molecule has 0 bridgehead atoms. The van der Waals surface area contributed by atoms with E-state index in [-0.39, 0.29) is 0 Å². The average molecular weight is 228 g/mol. The van der Waals surface area contributed by atoms with Gasteiger partial charge in [0.25, 0.3) is 0 Å². The third-order valence-electron chi connectivity index (χ3n) is 3.64. The van der Waals surface area contributed by atoms with Gasteiger partial charge in [-0.15, -0.1) is 0 Å². The maximum absolute atomic E-state index is 3.88. The van der Waals surface area contributed by atoms with Crippen LogP contribution >= 0.6 is 11.8 Å². The normalized spacial score (nSPS) is 31.4. The van der Waals surface area contributed by atoms with Crippen molar-refractivity contribution in [2.75, 3.05) is 31.6 Å². The van der Waals surface area contributed by atoms with E-state index in [2.05, 4.69) is 29.0 Å². The Morgan fingerprint density at radius 1 is 1.00 bits per heavy atom. The van der Waals surface area contributed by atoms with Crippen LogP contribution in [0.4, 0.5) is 0 Å². The van der Waals surface area contributed by atoms with E-state index in [0.29, 0.717) is 0 Å². The van der Waals surface area contributed by atoms with Crippen molar-refractivity contribution in [2.24, 2.45) is 0 Å². The van der Waals surface area contributed by atoms with Crippen LogP contribution < -0.4 is 5.32 Å². The van der Waals surface area contributed by atoms with Crippen molar-refractivity contribution in [1.29, 1.82) is 0 Å². The molecular weight excluding hydrogens is 204 g/mol. The average Bonchev–Trinajstić information content (AvgIpc) is 2.46. The Balaban J connectivity index is 1.72. The van der Waals surface area contributed by atoms with Gasteiger partial charge >= 0.3 is 0 Å². The fourth-order valence-corrected chi connectivity index (χ4v) is 3.71. The molecule has 2 saturated heterocycles. The van der Waals surface area contributed by atoms with Crippen molar-refractivity contribution in [3.63, 3.8) is 0 Å². The third kappa shape index (κ3) is 3.97. The molecular formula is C12H24N2S. The van der Waals surface area contributed by atoms with Crippen LogP contribution in [0, 0.1) is 0 Å². The minimum Gasteiger partial charge on any atom is -0.311 e. The lowest BCUT2D eigenvalue weighted by molar-refractivity contribution is 0.335. The largest absolute Gasteiger partial charge is 0.311 e. The molecule has 15 heavy (non-hydrogen) atoms. The molecule has 2 nitrogen and oxygen atoms in total. The lowest BCUT2D eigenvalue weighted by atomic mass is 10.1. The van der Waals surface area contributed by atoms with E-state index < -0.39 is 0 Å². The summed E-state index contributed by atoms with van der Waals surface area (Å²) in [5.74, 6) is 2.73. The van der Waals surface area contributed by atoms with Gasteiger partial charge in [-0.3, -0.25) is 0 Å². The summed E-state index contributed by atoms with van der Waals surface area (Å²) < 4.78 is 0. The molecule has 1 unspecified atom stereocenters. The number of thioether (sulfide) groups is 1. The third-order valence-corrected chi connectivity index (χ3v) is 4.69. The lowest BCUT2D eigenvalue weighted by Gasteiger charge is -2.27. The van der Waals surface area contributed by atoms with E-state index in [1.807, 2.05) is 0 Å². The molecule has 2 fully saturated rings. The van der Waals surface area contributed by atoms with Crippen LogP contribution in [0.3, 0.4) is 0 Å². The van der Waals surface area contributed by atoms with Gasteiger partial charge in [-0.2, -0.15) is 11.8 Å². The predicted octanol–water partition coefficient (Wildman–Crippen LogP) is 1.96. The van der Waals surface area contributed by atoms with E-state index in [1.54, 1.807) is 0 Å². The van der Waals surface area contributed by atoms with Crippen molar-refractivity contribution in [3.05, 3.63) is 0 Å². The highest BCUT2D eigenvalue weighted by atomic mass is 32.2. The van der Waals surface area contributed by atoms with E-state index in [9.17, 15) is 0 Å². The van der Waals surface area contributed by atoms with Gasteiger partial charge in [0.05, 0.1) is 0 Å². The Bertz CT molecular complexity index is 180. The Labute approximate surface area is 98.2 Å². The summed E-state index contributed by atoms with van der Waals surface area (Å²) in [6.07, 6.45) is 6.87. The zero-order chi connectivity index (χ0) is 10.5. The monoisotopic (exact) mass is 228 g/mol. The summed E-state index contributed by atoms with van der Waals surface area (Å²) >= 11 is 2.12. The number of rotatable bonds is 2. The standard InChI is InChI=1S/C12H24N2S/c1-14-7-2-3-11(4-8-14)13-12-5-9-15-10-6-12/h11-13H,2-10H2,1H3. The van der Waals surface area contributed by atoms with Gasteiger partial charge in [0.1, 0.15) is 0 Å². The van der Waals surface area contributed by atoms with Crippen LogP contribution in [0.5, 0.6) is 0 Å². The molecule has 1 N–H and O–H groups in total. The second-order valence-electron chi connectivity index (χ2n) is 4.98. The molecule has 0 aliphatic carbocycles. The molecule has 0 radical (unpaired) electrons. The van der Waals surface area contributed by atoms with Crippen molar-refractivity contribution < 1.29 is 0 Å². The van der Waals surface area contributed by atoms with Crippen LogP contribution in [0.1, 0.15) is 32.1 Å². The van der Waals surface area contributed by atoms with Gasteiger partial charge < -0.3 is 10.2 Å².